The van der Waals surface area contributed by atoms with E-state index in [-0.39, 0.29) is 134 Å². The topological polar surface area (TPSA) is 177 Å². The summed E-state index contributed by atoms with van der Waals surface area (Å²) in [7, 11) is 0. The fourth-order valence-corrected chi connectivity index (χ4v) is 0. The Bertz CT molecular complexity index is 16.9. The van der Waals surface area contributed by atoms with Gasteiger partial charge in [-0.1, -0.05) is 0 Å². The van der Waals surface area contributed by atoms with Gasteiger partial charge in [0.25, 0.3) is 0 Å². The third-order valence-electron chi connectivity index (χ3n) is 0. The second-order valence-electron chi connectivity index (χ2n) is 0. The summed E-state index contributed by atoms with van der Waals surface area (Å²) in [6.07, 6.45) is 0. The van der Waals surface area contributed by atoms with Crippen molar-refractivity contribution in [2.75, 3.05) is 0 Å². The molecule has 0 aromatic carbocycles. The fraction of sp³-hybridized carbons (Fsp3) is 0. The minimum atomic E-state index is 0. The van der Waals surface area contributed by atoms with Gasteiger partial charge in [0.15, 0.2) is 0 Å². The molecule has 0 aromatic heterocycles. The first-order valence-corrected chi connectivity index (χ1v) is 0. The molecule has 0 rings (SSSR count). The van der Waals surface area contributed by atoms with E-state index in [4.69, 9.17) is 0 Å². The van der Waals surface area contributed by atoms with Crippen LogP contribution in [0.25, 0.3) is 18.5 Å². The molecule has 6 nitrogen and oxygen atoms in total. The van der Waals surface area contributed by atoms with Gasteiger partial charge in [-0.3, -0.25) is 0 Å². The zero-order valence-corrected chi connectivity index (χ0v) is 17.6. The summed E-state index contributed by atoms with van der Waals surface area (Å²) >= 11 is 0. The molecule has 0 fully saturated rings. The van der Waals surface area contributed by atoms with Crippen molar-refractivity contribution in [3.05, 3.63) is 18.5 Å². The van der Waals surface area contributed by atoms with Gasteiger partial charge >= 0.3 is 99.0 Å². The van der Waals surface area contributed by atoms with Crippen molar-refractivity contribution in [1.82, 2.24) is 0 Å². The summed E-state index contributed by atoms with van der Waals surface area (Å²) in [6, 6.07) is 0. The Balaban J connectivity index is 0. The van der Waals surface area contributed by atoms with Crippen molar-refractivity contribution in [2.45, 2.75) is 0 Å². The third kappa shape index (κ3) is 179. The average molecular weight is 439 g/mol. The standard InChI is InChI=1S/5Ga.3N.3O/q5*+3;3*-3;3*-2. The number of rotatable bonds is 0. The third-order valence-corrected chi connectivity index (χ3v) is 0. The van der Waals surface area contributed by atoms with Crippen LogP contribution in [0.15, 0.2) is 0 Å². The molecule has 48 valence electrons. The van der Waals surface area contributed by atoms with Gasteiger partial charge in [-0.25, -0.2) is 0 Å². The van der Waals surface area contributed by atoms with E-state index >= 15 is 0 Å². The zero-order valence-electron chi connectivity index (χ0n) is 5.45. The Kier molecular flexibility index (Phi) is 5230. The molecule has 11 heavy (non-hydrogen) atoms. The Hall–Kier alpha value is 2.94. The van der Waals surface area contributed by atoms with Crippen molar-refractivity contribution in [3.8, 4) is 0 Å². The molecule has 0 amide bonds. The van der Waals surface area contributed by atoms with E-state index in [0.717, 1.165) is 0 Å². The van der Waals surface area contributed by atoms with Crippen molar-refractivity contribution in [1.29, 1.82) is 0 Å². The van der Waals surface area contributed by atoms with Gasteiger partial charge in [0.05, 0.1) is 0 Å². The van der Waals surface area contributed by atoms with Gasteiger partial charge in [0.1, 0.15) is 0 Å². The van der Waals surface area contributed by atoms with Gasteiger partial charge in [0, 0.05) is 0 Å². The summed E-state index contributed by atoms with van der Waals surface area (Å²) in [5.74, 6) is 0. The molecule has 0 aliphatic heterocycles. The number of nitrogens with zero attached hydrogens (tertiary/aromatic N) is 3. The van der Waals surface area contributed by atoms with E-state index in [0.29, 0.717) is 0 Å². The number of hydrogen-bond donors (Lipinski definition) is 0. The molecular weight excluding hydrogens is 439 g/mol. The molecule has 0 atom stereocenters. The normalized spacial score (nSPS) is 0. The van der Waals surface area contributed by atoms with Crippen LogP contribution in [0.1, 0.15) is 0 Å². The molecule has 0 heterocycles. The quantitative estimate of drug-likeness (QED) is 0.405. The SMILES string of the molecule is [Ga+3].[Ga+3].[Ga+3].[Ga+3].[Ga+3].[N-3].[N-3].[N-3].[O-2].[O-2].[O-2]. The van der Waals surface area contributed by atoms with Gasteiger partial charge in [-0.15, -0.1) is 0 Å². The smallest absolute Gasteiger partial charge is 3.00 e. The molecule has 0 aromatic rings. The van der Waals surface area contributed by atoms with Crippen LogP contribution in [0.2, 0.25) is 0 Å². The Labute approximate surface area is 132 Å². The van der Waals surface area contributed by atoms with E-state index in [1.165, 1.54) is 0 Å². The van der Waals surface area contributed by atoms with Crippen LogP contribution in [0.4, 0.5) is 0 Å². The van der Waals surface area contributed by atoms with Crippen LogP contribution in [0.5, 0.6) is 0 Å². The molecule has 0 aliphatic rings. The molecule has 0 radical (unpaired) electrons. The summed E-state index contributed by atoms with van der Waals surface area (Å²) in [6.45, 7) is 0. The van der Waals surface area contributed by atoms with E-state index < -0.39 is 0 Å². The molecule has 0 unspecified atom stereocenters. The molecule has 0 aliphatic carbocycles. The number of hydrogen-bond acceptors (Lipinski definition) is 0. The molecule has 0 bridgehead atoms. The average Bonchev–Trinajstić information content (AvgIpc) is 0. The van der Waals surface area contributed by atoms with Gasteiger partial charge < -0.3 is 34.9 Å². The second-order valence-corrected chi connectivity index (χ2v) is 0. The maximum Gasteiger partial charge on any atom is 3.00 e. The van der Waals surface area contributed by atoms with Crippen LogP contribution in [0.3, 0.4) is 0 Å². The molecule has 0 saturated carbocycles. The second kappa shape index (κ2) is 213. The van der Waals surface area contributed by atoms with Crippen molar-refractivity contribution in [3.63, 3.8) is 0 Å². The van der Waals surface area contributed by atoms with Gasteiger partial charge in [-0.2, -0.15) is 0 Å². The first kappa shape index (κ1) is 270. The van der Waals surface area contributed by atoms with E-state index in [9.17, 15) is 0 Å². The first-order chi connectivity index (χ1) is 0. The van der Waals surface area contributed by atoms with Crippen molar-refractivity contribution in [2.24, 2.45) is 0 Å². The van der Waals surface area contributed by atoms with E-state index in [2.05, 4.69) is 0 Å². The predicted molar refractivity (Wildman–Crippen MR) is 40.9 cm³/mol. The summed E-state index contributed by atoms with van der Waals surface area (Å²) in [5.41, 5.74) is 0. The monoisotopic (exact) mass is 435 g/mol. The minimum absolute atomic E-state index is 0. The minimum Gasteiger partial charge on any atom is -3.00 e. The van der Waals surface area contributed by atoms with E-state index in [1.807, 2.05) is 0 Å². The predicted octanol–water partition coefficient (Wildman–Crippen LogP) is -1.39. The summed E-state index contributed by atoms with van der Waals surface area (Å²) in [5, 5.41) is 0. The maximum absolute atomic E-state index is 0. The van der Waals surface area contributed by atoms with Crippen LogP contribution in [0, 0.1) is 0 Å². The van der Waals surface area contributed by atoms with Crippen molar-refractivity contribution < 1.29 is 16.4 Å². The van der Waals surface area contributed by atoms with Crippen LogP contribution < -0.4 is 0 Å². The van der Waals surface area contributed by atoms with Crippen LogP contribution >= 0.6 is 0 Å². The van der Waals surface area contributed by atoms with E-state index in [1.54, 1.807) is 0 Å². The zero-order chi connectivity index (χ0) is 0. The Morgan fingerprint density at radius 2 is 0.273 bits per heavy atom. The van der Waals surface area contributed by atoms with Crippen LogP contribution in [-0.4, -0.2) is 99.0 Å². The molecular formula is Ga5N3O3. The molecule has 0 saturated heterocycles. The molecule has 0 spiro atoms. The largest absolute Gasteiger partial charge is 3.00 e. The van der Waals surface area contributed by atoms with Crippen LogP contribution in [-0.2, 0) is 16.4 Å². The summed E-state index contributed by atoms with van der Waals surface area (Å²) < 4.78 is 0. The van der Waals surface area contributed by atoms with Gasteiger partial charge in [-0.05, 0) is 0 Å². The maximum atomic E-state index is 0. The summed E-state index contributed by atoms with van der Waals surface area (Å²) in [4.78, 5) is 0. The molecule has 0 N–H and O–H groups in total. The fourth-order valence-electron chi connectivity index (χ4n) is 0. The first-order valence-electron chi connectivity index (χ1n) is 0. The Morgan fingerprint density at radius 3 is 0.273 bits per heavy atom. The van der Waals surface area contributed by atoms with Crippen molar-refractivity contribution >= 4 is 99.0 Å². The molecule has 11 heteroatoms. The Morgan fingerprint density at radius 1 is 0.273 bits per heavy atom. The van der Waals surface area contributed by atoms with Gasteiger partial charge in [0.2, 0.25) is 0 Å².